The fourth-order valence-electron chi connectivity index (χ4n) is 2.14. The minimum absolute atomic E-state index is 0.125. The molecule has 88 valence electrons. The van der Waals surface area contributed by atoms with Crippen molar-refractivity contribution in [2.75, 3.05) is 0 Å². The average molecular weight is 278 g/mol. The molecule has 0 bridgehead atoms. The third-order valence-corrected chi connectivity index (χ3v) is 3.31. The van der Waals surface area contributed by atoms with Crippen molar-refractivity contribution in [2.45, 2.75) is 0 Å². The number of hydrogen-bond donors (Lipinski definition) is 0. The molecular formula is C13H5Cl2NO2. The van der Waals surface area contributed by atoms with Crippen LogP contribution in [0.25, 0.3) is 33.0 Å². The lowest BCUT2D eigenvalue weighted by Gasteiger charge is -1.90. The molecule has 0 radical (unpaired) electrons. The van der Waals surface area contributed by atoms with Crippen LogP contribution in [0.4, 0.5) is 0 Å². The Balaban J connectivity index is 2.23. The maximum Gasteiger partial charge on any atom is 0.293 e. The molecule has 0 atom stereocenters. The lowest BCUT2D eigenvalue weighted by molar-refractivity contribution is 0.603. The summed E-state index contributed by atoms with van der Waals surface area (Å²) < 4.78 is 11.0. The minimum atomic E-state index is 0.125. The molecule has 0 N–H and O–H groups in total. The van der Waals surface area contributed by atoms with Gasteiger partial charge in [0.25, 0.3) is 5.35 Å². The first-order valence-corrected chi connectivity index (χ1v) is 6.04. The van der Waals surface area contributed by atoms with Crippen molar-refractivity contribution in [3.8, 4) is 0 Å². The monoisotopic (exact) mass is 277 g/mol. The van der Waals surface area contributed by atoms with Gasteiger partial charge in [-0.1, -0.05) is 11.6 Å². The normalized spacial score (nSPS) is 11.9. The Hall–Kier alpha value is -1.71. The number of aromatic nitrogens is 1. The van der Waals surface area contributed by atoms with E-state index in [0.29, 0.717) is 16.1 Å². The zero-order valence-corrected chi connectivity index (χ0v) is 10.4. The summed E-state index contributed by atoms with van der Waals surface area (Å²) >= 11 is 11.7. The fraction of sp³-hybridized carbons (Fsp3) is 0. The second-order valence-electron chi connectivity index (χ2n) is 4.03. The molecular weight excluding hydrogens is 273 g/mol. The largest absolute Gasteiger partial charge is 0.456 e. The van der Waals surface area contributed by atoms with Gasteiger partial charge < -0.3 is 8.83 Å². The van der Waals surface area contributed by atoms with Crippen molar-refractivity contribution in [1.29, 1.82) is 0 Å². The predicted octanol–water partition coefficient (Wildman–Crippen LogP) is 5.03. The summed E-state index contributed by atoms with van der Waals surface area (Å²) in [4.78, 5) is 4.10. The summed E-state index contributed by atoms with van der Waals surface area (Å²) in [7, 11) is 0. The molecule has 0 saturated carbocycles. The van der Waals surface area contributed by atoms with Crippen LogP contribution in [0.1, 0.15) is 0 Å². The van der Waals surface area contributed by atoms with Crippen LogP contribution in [0.5, 0.6) is 0 Å². The standard InChI is InChI=1S/C13H5Cl2NO2/c14-6-1-2-10-7(3-6)8-4-9-12(5-11(8)17-10)18-13(15)16-9/h1-5H. The molecule has 2 aromatic carbocycles. The maximum atomic E-state index is 6.00. The highest BCUT2D eigenvalue weighted by atomic mass is 35.5. The van der Waals surface area contributed by atoms with Crippen molar-refractivity contribution in [2.24, 2.45) is 0 Å². The number of nitrogens with zero attached hydrogens (tertiary/aromatic N) is 1. The maximum absolute atomic E-state index is 6.00. The van der Waals surface area contributed by atoms with Crippen LogP contribution in [0, 0.1) is 0 Å². The second kappa shape index (κ2) is 3.40. The van der Waals surface area contributed by atoms with Crippen LogP contribution < -0.4 is 0 Å². The SMILES string of the molecule is Clc1ccc2oc3cc4oc(Cl)nc4cc3c2c1. The molecule has 0 aliphatic rings. The Morgan fingerprint density at radius 2 is 1.67 bits per heavy atom. The van der Waals surface area contributed by atoms with Gasteiger partial charge in [-0.3, -0.25) is 0 Å². The van der Waals surface area contributed by atoms with Gasteiger partial charge >= 0.3 is 0 Å². The Morgan fingerprint density at radius 3 is 2.56 bits per heavy atom. The third kappa shape index (κ3) is 1.35. The van der Waals surface area contributed by atoms with E-state index in [1.54, 1.807) is 12.1 Å². The van der Waals surface area contributed by atoms with Gasteiger partial charge in [0.05, 0.1) is 0 Å². The number of furan rings is 1. The fourth-order valence-corrected chi connectivity index (χ4v) is 2.49. The molecule has 3 nitrogen and oxygen atoms in total. The molecule has 4 rings (SSSR count). The average Bonchev–Trinajstić information content (AvgIpc) is 2.85. The first kappa shape index (κ1) is 10.2. The van der Waals surface area contributed by atoms with E-state index in [9.17, 15) is 0 Å². The first-order chi connectivity index (χ1) is 8.70. The Labute approximate surface area is 111 Å². The zero-order chi connectivity index (χ0) is 12.3. The van der Waals surface area contributed by atoms with Crippen molar-refractivity contribution in [3.05, 3.63) is 40.7 Å². The highest BCUT2D eigenvalue weighted by Gasteiger charge is 2.12. The van der Waals surface area contributed by atoms with Crippen LogP contribution in [0.3, 0.4) is 0 Å². The molecule has 0 aliphatic carbocycles. The van der Waals surface area contributed by atoms with E-state index in [2.05, 4.69) is 4.98 Å². The van der Waals surface area contributed by atoms with Gasteiger partial charge in [-0.15, -0.1) is 0 Å². The summed E-state index contributed by atoms with van der Waals surface area (Å²) in [6.07, 6.45) is 0. The van der Waals surface area contributed by atoms with Gasteiger partial charge in [-0.2, -0.15) is 4.98 Å². The van der Waals surface area contributed by atoms with Gasteiger partial charge in [0, 0.05) is 21.9 Å². The van der Waals surface area contributed by atoms with Crippen molar-refractivity contribution in [3.63, 3.8) is 0 Å². The summed E-state index contributed by atoms with van der Waals surface area (Å²) in [5.41, 5.74) is 2.83. The van der Waals surface area contributed by atoms with E-state index in [-0.39, 0.29) is 5.35 Å². The topological polar surface area (TPSA) is 39.2 Å². The summed E-state index contributed by atoms with van der Waals surface area (Å²) in [5, 5.41) is 2.70. The van der Waals surface area contributed by atoms with Gasteiger partial charge in [-0.25, -0.2) is 0 Å². The van der Waals surface area contributed by atoms with Gasteiger partial charge in [0.2, 0.25) is 0 Å². The molecule has 18 heavy (non-hydrogen) atoms. The Kier molecular flexibility index (Phi) is 1.93. The number of halogens is 2. The molecule has 0 amide bonds. The smallest absolute Gasteiger partial charge is 0.293 e. The molecule has 0 unspecified atom stereocenters. The van der Waals surface area contributed by atoms with Crippen LogP contribution in [-0.4, -0.2) is 4.98 Å². The zero-order valence-electron chi connectivity index (χ0n) is 8.91. The summed E-state index contributed by atoms with van der Waals surface area (Å²) in [6.45, 7) is 0. The van der Waals surface area contributed by atoms with Crippen LogP contribution in [0.15, 0.2) is 39.2 Å². The molecule has 0 spiro atoms. The lowest BCUT2D eigenvalue weighted by Crippen LogP contribution is -1.69. The van der Waals surface area contributed by atoms with E-state index < -0.39 is 0 Å². The van der Waals surface area contributed by atoms with Crippen LogP contribution in [-0.2, 0) is 0 Å². The summed E-state index contributed by atoms with van der Waals surface area (Å²) in [5.74, 6) is 0. The predicted molar refractivity (Wildman–Crippen MR) is 71.3 cm³/mol. The van der Waals surface area contributed by atoms with Gasteiger partial charge in [0.15, 0.2) is 5.58 Å². The lowest BCUT2D eigenvalue weighted by atomic mass is 10.1. The highest BCUT2D eigenvalue weighted by molar-refractivity contribution is 6.31. The van der Waals surface area contributed by atoms with E-state index >= 15 is 0 Å². The Morgan fingerprint density at radius 1 is 0.833 bits per heavy atom. The third-order valence-electron chi connectivity index (χ3n) is 2.92. The van der Waals surface area contributed by atoms with Crippen molar-refractivity contribution in [1.82, 2.24) is 4.98 Å². The number of oxazole rings is 1. The van der Waals surface area contributed by atoms with E-state index in [4.69, 9.17) is 32.0 Å². The molecule has 2 heterocycles. The van der Waals surface area contributed by atoms with Crippen molar-refractivity contribution < 1.29 is 8.83 Å². The molecule has 5 heteroatoms. The van der Waals surface area contributed by atoms with Crippen molar-refractivity contribution >= 4 is 56.2 Å². The number of benzene rings is 2. The minimum Gasteiger partial charge on any atom is -0.456 e. The van der Waals surface area contributed by atoms with Crippen LogP contribution in [0.2, 0.25) is 10.4 Å². The van der Waals surface area contributed by atoms with E-state index in [1.165, 1.54) is 0 Å². The molecule has 0 fully saturated rings. The molecule has 4 aromatic rings. The number of rotatable bonds is 0. The first-order valence-electron chi connectivity index (χ1n) is 5.28. The van der Waals surface area contributed by atoms with Gasteiger partial charge in [-0.05, 0) is 35.9 Å². The number of hydrogen-bond acceptors (Lipinski definition) is 3. The van der Waals surface area contributed by atoms with Crippen LogP contribution >= 0.6 is 23.2 Å². The summed E-state index contributed by atoms with van der Waals surface area (Å²) in [6, 6.07) is 9.20. The van der Waals surface area contributed by atoms with E-state index in [0.717, 1.165) is 21.9 Å². The quantitative estimate of drug-likeness (QED) is 0.452. The molecule has 0 aliphatic heterocycles. The second-order valence-corrected chi connectivity index (χ2v) is 4.79. The molecule has 0 saturated heterocycles. The van der Waals surface area contributed by atoms with E-state index in [1.807, 2.05) is 18.2 Å². The molecule has 2 aromatic heterocycles. The Bertz CT molecular complexity index is 907. The highest BCUT2D eigenvalue weighted by Crippen LogP contribution is 2.34. The van der Waals surface area contributed by atoms with Gasteiger partial charge in [0.1, 0.15) is 16.7 Å². The number of fused-ring (bicyclic) bond motifs is 4.